The molecule has 0 unspecified atom stereocenters. The van der Waals surface area contributed by atoms with Crippen LogP contribution in [-0.2, 0) is 0 Å². The first kappa shape index (κ1) is 10.6. The molecule has 1 fully saturated rings. The van der Waals surface area contributed by atoms with Gasteiger partial charge in [0, 0.05) is 11.1 Å². The third-order valence-electron chi connectivity index (χ3n) is 2.60. The van der Waals surface area contributed by atoms with Crippen molar-refractivity contribution in [2.24, 2.45) is 0 Å². The monoisotopic (exact) mass is 271 g/mol. The Hall–Kier alpha value is -0.900. The van der Waals surface area contributed by atoms with E-state index in [0.717, 1.165) is 12.8 Å². The van der Waals surface area contributed by atoms with Gasteiger partial charge in [-0.25, -0.2) is 4.39 Å². The number of benzene rings is 1. The zero-order valence-corrected chi connectivity index (χ0v) is 9.90. The molecule has 0 radical (unpaired) electrons. The number of carbonyl (C=O) groups excluding carboxylic acids is 1. The van der Waals surface area contributed by atoms with Crippen molar-refractivity contribution in [1.82, 2.24) is 5.32 Å². The molecular weight excluding hydrogens is 261 g/mol. The van der Waals surface area contributed by atoms with Gasteiger partial charge in [-0.2, -0.15) is 0 Å². The van der Waals surface area contributed by atoms with E-state index in [1.807, 2.05) is 6.92 Å². The van der Waals surface area contributed by atoms with Crippen LogP contribution in [0, 0.1) is 5.82 Å². The number of amides is 1. The molecule has 1 N–H and O–H groups in total. The maximum absolute atomic E-state index is 13.2. The lowest BCUT2D eigenvalue weighted by Gasteiger charge is -2.11. The molecule has 1 amide bonds. The first-order valence-corrected chi connectivity index (χ1v) is 5.57. The Bertz CT molecular complexity index is 415. The van der Waals surface area contributed by atoms with Crippen molar-refractivity contribution in [1.29, 1.82) is 0 Å². The highest BCUT2D eigenvalue weighted by Gasteiger charge is 2.38. The predicted octanol–water partition coefficient (Wildman–Crippen LogP) is 2.87. The lowest BCUT2D eigenvalue weighted by molar-refractivity contribution is 0.0935. The summed E-state index contributed by atoms with van der Waals surface area (Å²) in [6.07, 6.45) is 2.00. The molecule has 1 saturated carbocycles. The van der Waals surface area contributed by atoms with E-state index in [1.54, 1.807) is 12.1 Å². The van der Waals surface area contributed by atoms with E-state index >= 15 is 0 Å². The van der Waals surface area contributed by atoms with Crippen LogP contribution in [0.4, 0.5) is 4.39 Å². The summed E-state index contributed by atoms with van der Waals surface area (Å²) in [4.78, 5) is 11.7. The van der Waals surface area contributed by atoms with Gasteiger partial charge in [0.1, 0.15) is 5.82 Å². The van der Waals surface area contributed by atoms with Gasteiger partial charge in [0.25, 0.3) is 5.91 Å². The Kier molecular flexibility index (Phi) is 2.54. The van der Waals surface area contributed by atoms with E-state index in [2.05, 4.69) is 21.2 Å². The summed E-state index contributed by atoms with van der Waals surface area (Å²) in [5.74, 6) is -0.620. The van der Waals surface area contributed by atoms with Gasteiger partial charge in [-0.05, 0) is 53.9 Å². The minimum atomic E-state index is -0.413. The first-order valence-electron chi connectivity index (χ1n) is 4.78. The van der Waals surface area contributed by atoms with Crippen molar-refractivity contribution in [3.63, 3.8) is 0 Å². The molecule has 0 heterocycles. The highest BCUT2D eigenvalue weighted by molar-refractivity contribution is 9.10. The lowest BCUT2D eigenvalue weighted by Crippen LogP contribution is -2.34. The standard InChI is InChI=1S/C11H11BrFNO/c1-11(4-5-11)14-10(15)7-2-3-8(12)9(13)6-7/h2-3,6H,4-5H2,1H3,(H,14,15). The molecule has 0 spiro atoms. The highest BCUT2D eigenvalue weighted by Crippen LogP contribution is 2.34. The molecule has 0 saturated heterocycles. The molecule has 80 valence electrons. The molecule has 1 aromatic carbocycles. The number of rotatable bonds is 2. The van der Waals surface area contributed by atoms with Crippen LogP contribution >= 0.6 is 15.9 Å². The van der Waals surface area contributed by atoms with Crippen LogP contribution in [0.15, 0.2) is 22.7 Å². The summed E-state index contributed by atoms with van der Waals surface area (Å²) in [6.45, 7) is 1.99. The van der Waals surface area contributed by atoms with Crippen LogP contribution in [-0.4, -0.2) is 11.4 Å². The van der Waals surface area contributed by atoms with E-state index < -0.39 is 5.82 Å². The third-order valence-corrected chi connectivity index (χ3v) is 3.24. The zero-order valence-electron chi connectivity index (χ0n) is 8.31. The van der Waals surface area contributed by atoms with Gasteiger partial charge in [0.05, 0.1) is 4.47 Å². The molecule has 0 aromatic heterocycles. The Morgan fingerprint density at radius 1 is 1.53 bits per heavy atom. The van der Waals surface area contributed by atoms with E-state index in [9.17, 15) is 9.18 Å². The van der Waals surface area contributed by atoms with Crippen LogP contribution < -0.4 is 5.32 Å². The van der Waals surface area contributed by atoms with E-state index in [-0.39, 0.29) is 11.4 Å². The molecule has 0 bridgehead atoms. The average molecular weight is 272 g/mol. The number of hydrogen-bond donors (Lipinski definition) is 1. The summed E-state index contributed by atoms with van der Waals surface area (Å²) in [7, 11) is 0. The Morgan fingerprint density at radius 3 is 2.73 bits per heavy atom. The topological polar surface area (TPSA) is 29.1 Å². The molecule has 0 aliphatic heterocycles. The zero-order chi connectivity index (χ0) is 11.1. The smallest absolute Gasteiger partial charge is 0.251 e. The summed E-state index contributed by atoms with van der Waals surface area (Å²) in [5.41, 5.74) is 0.296. The fourth-order valence-corrected chi connectivity index (χ4v) is 1.54. The van der Waals surface area contributed by atoms with Crippen LogP contribution in [0.5, 0.6) is 0 Å². The van der Waals surface area contributed by atoms with Crippen molar-refractivity contribution in [2.75, 3.05) is 0 Å². The summed E-state index contributed by atoms with van der Waals surface area (Å²) >= 11 is 3.05. The number of nitrogens with one attached hydrogen (secondary N) is 1. The molecule has 15 heavy (non-hydrogen) atoms. The fraction of sp³-hybridized carbons (Fsp3) is 0.364. The van der Waals surface area contributed by atoms with Gasteiger partial charge < -0.3 is 5.32 Å². The second kappa shape index (κ2) is 3.59. The minimum Gasteiger partial charge on any atom is -0.347 e. The summed E-state index contributed by atoms with van der Waals surface area (Å²) < 4.78 is 13.5. The van der Waals surface area contributed by atoms with Gasteiger partial charge in [-0.3, -0.25) is 4.79 Å². The van der Waals surface area contributed by atoms with Gasteiger partial charge in [-0.1, -0.05) is 0 Å². The van der Waals surface area contributed by atoms with Gasteiger partial charge in [-0.15, -0.1) is 0 Å². The summed E-state index contributed by atoms with van der Waals surface area (Å²) in [5, 5.41) is 2.87. The number of carbonyl (C=O) groups is 1. The summed E-state index contributed by atoms with van der Waals surface area (Å²) in [6, 6.07) is 4.39. The average Bonchev–Trinajstić information content (AvgIpc) is 2.88. The third kappa shape index (κ3) is 2.37. The van der Waals surface area contributed by atoms with Crippen molar-refractivity contribution < 1.29 is 9.18 Å². The minimum absolute atomic E-state index is 0.0688. The molecule has 2 rings (SSSR count). The Balaban J connectivity index is 2.15. The van der Waals surface area contributed by atoms with E-state index in [4.69, 9.17) is 0 Å². The van der Waals surface area contributed by atoms with Crippen molar-refractivity contribution in [3.8, 4) is 0 Å². The van der Waals surface area contributed by atoms with Gasteiger partial charge in [0.2, 0.25) is 0 Å². The molecule has 2 nitrogen and oxygen atoms in total. The SMILES string of the molecule is CC1(NC(=O)c2ccc(Br)c(F)c2)CC1. The van der Waals surface area contributed by atoms with E-state index in [1.165, 1.54) is 6.07 Å². The molecule has 1 aliphatic carbocycles. The second-order valence-corrected chi connectivity index (χ2v) is 5.00. The van der Waals surface area contributed by atoms with Crippen molar-refractivity contribution >= 4 is 21.8 Å². The molecular formula is C11H11BrFNO. The van der Waals surface area contributed by atoms with Crippen molar-refractivity contribution in [3.05, 3.63) is 34.1 Å². The van der Waals surface area contributed by atoms with Crippen LogP contribution in [0.2, 0.25) is 0 Å². The Morgan fingerprint density at radius 2 is 2.20 bits per heavy atom. The van der Waals surface area contributed by atoms with Gasteiger partial charge >= 0.3 is 0 Å². The van der Waals surface area contributed by atoms with E-state index in [0.29, 0.717) is 10.0 Å². The van der Waals surface area contributed by atoms with Crippen molar-refractivity contribution in [2.45, 2.75) is 25.3 Å². The Labute approximate surface area is 96.0 Å². The normalized spacial score (nSPS) is 17.3. The second-order valence-electron chi connectivity index (χ2n) is 4.14. The highest BCUT2D eigenvalue weighted by atomic mass is 79.9. The molecule has 4 heteroatoms. The quantitative estimate of drug-likeness (QED) is 0.881. The largest absolute Gasteiger partial charge is 0.347 e. The fourth-order valence-electron chi connectivity index (χ4n) is 1.30. The lowest BCUT2D eigenvalue weighted by atomic mass is 10.2. The number of hydrogen-bond acceptors (Lipinski definition) is 1. The first-order chi connectivity index (χ1) is 7.00. The van der Waals surface area contributed by atoms with Crippen LogP contribution in [0.25, 0.3) is 0 Å². The van der Waals surface area contributed by atoms with Crippen LogP contribution in [0.3, 0.4) is 0 Å². The maximum atomic E-state index is 13.2. The van der Waals surface area contributed by atoms with Crippen LogP contribution in [0.1, 0.15) is 30.1 Å². The molecule has 1 aliphatic rings. The maximum Gasteiger partial charge on any atom is 0.251 e. The molecule has 0 atom stereocenters. The number of halogens is 2. The molecule has 1 aromatic rings. The predicted molar refractivity (Wildman–Crippen MR) is 59.2 cm³/mol. The van der Waals surface area contributed by atoms with Gasteiger partial charge in [0.15, 0.2) is 0 Å².